The number of benzene rings is 1. The second-order valence-corrected chi connectivity index (χ2v) is 10.1. The van der Waals surface area contributed by atoms with Gasteiger partial charge >= 0.3 is 0 Å². The first-order valence-electron chi connectivity index (χ1n) is 7.18. The third-order valence-corrected chi connectivity index (χ3v) is 6.09. The van der Waals surface area contributed by atoms with Crippen LogP contribution in [0, 0.1) is 35.0 Å². The number of hydrogen-bond acceptors (Lipinski definition) is 1. The SMILES string of the molecule is CC(C)CCC(C)O[Si](C)(C)c1c(F)c(F)c(F)c(F)c1F. The van der Waals surface area contributed by atoms with Gasteiger partial charge in [0.1, 0.15) is 0 Å². The molecule has 0 amide bonds. The Labute approximate surface area is 128 Å². The Balaban J connectivity index is 3.13. The maximum absolute atomic E-state index is 13.9. The van der Waals surface area contributed by atoms with E-state index < -0.39 is 42.6 Å². The van der Waals surface area contributed by atoms with E-state index >= 15 is 0 Å². The van der Waals surface area contributed by atoms with Crippen molar-refractivity contribution in [2.24, 2.45) is 5.92 Å². The maximum Gasteiger partial charge on any atom is 0.225 e. The molecule has 1 aromatic carbocycles. The van der Waals surface area contributed by atoms with E-state index in [4.69, 9.17) is 4.43 Å². The van der Waals surface area contributed by atoms with Gasteiger partial charge in [-0.1, -0.05) is 13.8 Å². The van der Waals surface area contributed by atoms with Crippen molar-refractivity contribution < 1.29 is 26.4 Å². The molecule has 0 N–H and O–H groups in total. The second kappa shape index (κ2) is 7.08. The van der Waals surface area contributed by atoms with Gasteiger partial charge in [0.2, 0.25) is 14.1 Å². The summed E-state index contributed by atoms with van der Waals surface area (Å²) in [4.78, 5) is 0. The fourth-order valence-electron chi connectivity index (χ4n) is 2.32. The first-order chi connectivity index (χ1) is 9.99. The maximum atomic E-state index is 13.9. The van der Waals surface area contributed by atoms with E-state index in [1.807, 2.05) is 13.8 Å². The first-order valence-corrected chi connectivity index (χ1v) is 10.1. The van der Waals surface area contributed by atoms with Crippen LogP contribution < -0.4 is 5.19 Å². The van der Waals surface area contributed by atoms with Gasteiger partial charge in [0, 0.05) is 11.3 Å². The molecule has 1 nitrogen and oxygen atoms in total. The number of hydrogen-bond donors (Lipinski definition) is 0. The van der Waals surface area contributed by atoms with Gasteiger partial charge in [0.05, 0.1) is 0 Å². The minimum Gasteiger partial charge on any atom is -0.410 e. The van der Waals surface area contributed by atoms with Gasteiger partial charge in [0.25, 0.3) is 0 Å². The second-order valence-electron chi connectivity index (χ2n) is 6.35. The molecular weight excluding hydrogens is 319 g/mol. The van der Waals surface area contributed by atoms with Crippen molar-refractivity contribution in [3.63, 3.8) is 0 Å². The fourth-order valence-corrected chi connectivity index (χ4v) is 4.84. The monoisotopic (exact) mass is 340 g/mol. The summed E-state index contributed by atoms with van der Waals surface area (Å²) in [5.41, 5.74) is 0. The third-order valence-electron chi connectivity index (χ3n) is 3.46. The summed E-state index contributed by atoms with van der Waals surface area (Å²) in [6.45, 7) is 8.65. The van der Waals surface area contributed by atoms with Crippen LogP contribution in [-0.4, -0.2) is 14.4 Å². The van der Waals surface area contributed by atoms with Crippen molar-refractivity contribution in [3.05, 3.63) is 29.1 Å². The third kappa shape index (κ3) is 4.07. The van der Waals surface area contributed by atoms with Gasteiger partial charge in [-0.2, -0.15) is 0 Å². The molecule has 22 heavy (non-hydrogen) atoms. The highest BCUT2D eigenvalue weighted by Gasteiger charge is 2.38. The molecular formula is C15H21F5OSi. The van der Waals surface area contributed by atoms with Crippen LogP contribution in [0.4, 0.5) is 22.0 Å². The van der Waals surface area contributed by atoms with Crippen LogP contribution in [0.3, 0.4) is 0 Å². The standard InChI is InChI=1S/C15H21F5OSi/c1-8(2)6-7-9(3)21-22(4,5)15-13(19)11(17)10(16)12(18)14(15)20/h8-9H,6-7H2,1-5H3. The van der Waals surface area contributed by atoms with E-state index in [0.717, 1.165) is 6.42 Å². The van der Waals surface area contributed by atoms with Crippen LogP contribution in [0.25, 0.3) is 0 Å². The van der Waals surface area contributed by atoms with E-state index in [-0.39, 0.29) is 6.10 Å². The summed E-state index contributed by atoms with van der Waals surface area (Å²) in [6, 6.07) is 0. The Morgan fingerprint density at radius 2 is 1.18 bits per heavy atom. The minimum atomic E-state index is -3.29. The van der Waals surface area contributed by atoms with Gasteiger partial charge in [-0.15, -0.1) is 0 Å². The molecule has 1 aromatic rings. The molecule has 126 valence electrons. The summed E-state index contributed by atoms with van der Waals surface area (Å²) in [5.74, 6) is -9.13. The molecule has 0 aliphatic rings. The Morgan fingerprint density at radius 3 is 1.59 bits per heavy atom. The first kappa shape index (κ1) is 19.1. The molecule has 1 unspecified atom stereocenters. The van der Waals surface area contributed by atoms with Gasteiger partial charge in [-0.25, -0.2) is 22.0 Å². The van der Waals surface area contributed by atoms with Crippen LogP contribution in [0.15, 0.2) is 0 Å². The zero-order valence-electron chi connectivity index (χ0n) is 13.4. The van der Waals surface area contributed by atoms with E-state index in [2.05, 4.69) is 0 Å². The smallest absolute Gasteiger partial charge is 0.225 e. The molecule has 0 fully saturated rings. The Bertz CT molecular complexity index is 516. The van der Waals surface area contributed by atoms with E-state index in [1.165, 1.54) is 13.1 Å². The fraction of sp³-hybridized carbons (Fsp3) is 0.600. The number of halogens is 5. The van der Waals surface area contributed by atoms with Crippen molar-refractivity contribution in [3.8, 4) is 0 Å². The summed E-state index contributed by atoms with van der Waals surface area (Å²) in [5, 5.41) is -0.805. The van der Waals surface area contributed by atoms with Crippen molar-refractivity contribution in [2.75, 3.05) is 0 Å². The molecule has 0 aromatic heterocycles. The van der Waals surface area contributed by atoms with Gasteiger partial charge in [0.15, 0.2) is 23.3 Å². The lowest BCUT2D eigenvalue weighted by atomic mass is 10.1. The zero-order valence-corrected chi connectivity index (χ0v) is 14.4. The average Bonchev–Trinajstić information content (AvgIpc) is 2.40. The molecule has 0 aliphatic heterocycles. The minimum absolute atomic E-state index is 0.320. The van der Waals surface area contributed by atoms with Gasteiger partial charge < -0.3 is 4.43 Å². The highest BCUT2D eigenvalue weighted by atomic mass is 28.4. The van der Waals surface area contributed by atoms with Crippen molar-refractivity contribution in [1.82, 2.24) is 0 Å². The van der Waals surface area contributed by atoms with Crippen LogP contribution in [0.1, 0.15) is 33.6 Å². The van der Waals surface area contributed by atoms with E-state index in [0.29, 0.717) is 12.3 Å². The largest absolute Gasteiger partial charge is 0.410 e. The molecule has 7 heteroatoms. The molecule has 1 rings (SSSR count). The molecule has 0 heterocycles. The molecule has 0 saturated heterocycles. The zero-order chi connectivity index (χ0) is 17.2. The topological polar surface area (TPSA) is 9.23 Å². The van der Waals surface area contributed by atoms with Crippen molar-refractivity contribution >= 4 is 13.5 Å². The summed E-state index contributed by atoms with van der Waals surface area (Å²) >= 11 is 0. The quantitative estimate of drug-likeness (QED) is 0.317. The summed E-state index contributed by atoms with van der Waals surface area (Å²) < 4.78 is 73.2. The normalized spacial score (nSPS) is 13.8. The van der Waals surface area contributed by atoms with Crippen LogP contribution in [0.2, 0.25) is 13.1 Å². The Kier molecular flexibility index (Phi) is 6.15. The van der Waals surface area contributed by atoms with Gasteiger partial charge in [-0.3, -0.25) is 0 Å². The van der Waals surface area contributed by atoms with Crippen molar-refractivity contribution in [1.29, 1.82) is 0 Å². The highest BCUT2D eigenvalue weighted by Crippen LogP contribution is 2.22. The molecule has 0 radical (unpaired) electrons. The Hall–Kier alpha value is -0.953. The lowest BCUT2D eigenvalue weighted by molar-refractivity contribution is 0.196. The number of rotatable bonds is 6. The van der Waals surface area contributed by atoms with E-state index in [1.54, 1.807) is 6.92 Å². The summed E-state index contributed by atoms with van der Waals surface area (Å²) in [7, 11) is -3.29. The van der Waals surface area contributed by atoms with Gasteiger partial charge in [-0.05, 0) is 38.8 Å². The van der Waals surface area contributed by atoms with Crippen LogP contribution in [-0.2, 0) is 4.43 Å². The highest BCUT2D eigenvalue weighted by molar-refractivity contribution is 6.84. The predicted molar refractivity (Wildman–Crippen MR) is 78.0 cm³/mol. The van der Waals surface area contributed by atoms with Crippen LogP contribution in [0.5, 0.6) is 0 Å². The molecule has 0 spiro atoms. The molecule has 0 bridgehead atoms. The van der Waals surface area contributed by atoms with Crippen molar-refractivity contribution in [2.45, 2.75) is 52.8 Å². The lowest BCUT2D eigenvalue weighted by Crippen LogP contribution is -2.51. The Morgan fingerprint density at radius 1 is 0.773 bits per heavy atom. The average molecular weight is 340 g/mol. The lowest BCUT2D eigenvalue weighted by Gasteiger charge is -2.29. The molecule has 0 aliphatic carbocycles. The van der Waals surface area contributed by atoms with E-state index in [9.17, 15) is 22.0 Å². The van der Waals surface area contributed by atoms with Crippen LogP contribution >= 0.6 is 0 Å². The predicted octanol–water partition coefficient (Wildman–Crippen LogP) is 4.64. The molecule has 1 atom stereocenters. The molecule has 0 saturated carbocycles. The summed E-state index contributed by atoms with van der Waals surface area (Å²) in [6.07, 6.45) is 1.19.